The smallest absolute Gasteiger partial charge is 0.310 e. The number of alkyl halides is 2. The van der Waals surface area contributed by atoms with Crippen LogP contribution in [0, 0.1) is 6.08 Å². The van der Waals surface area contributed by atoms with E-state index in [1.54, 1.807) is 6.07 Å². The van der Waals surface area contributed by atoms with Gasteiger partial charge in [0.05, 0.1) is 11.1 Å². The Morgan fingerprint density at radius 2 is 1.47 bits per heavy atom. The number of aromatic hydroxyl groups is 1. The van der Waals surface area contributed by atoms with Gasteiger partial charge in [0.2, 0.25) is 0 Å². The fraction of sp³-hybridized carbons (Fsp3) is 0.0400. The second kappa shape index (κ2) is 12.3. The Hall–Kier alpha value is -3.79. The SMILES string of the molecule is O=S(=O)(O)c1cc2c(S(=O)(=O)O)ccc(Nc3nc(F)nc(C(Cl)Cl)c3Cl)c2c(O)c1N=Nc1ccc2ccccc2c1S(=O)(=O)O. The Morgan fingerprint density at radius 1 is 0.809 bits per heavy atom. The van der Waals surface area contributed by atoms with Crippen LogP contribution in [0.4, 0.5) is 27.3 Å². The van der Waals surface area contributed by atoms with E-state index in [9.17, 15) is 48.4 Å². The predicted molar refractivity (Wildman–Crippen MR) is 168 cm³/mol. The Morgan fingerprint density at radius 3 is 2.09 bits per heavy atom. The Balaban J connectivity index is 1.85. The van der Waals surface area contributed by atoms with E-state index in [0.717, 1.165) is 18.2 Å². The van der Waals surface area contributed by atoms with Crippen LogP contribution in [0.15, 0.2) is 79.5 Å². The number of benzene rings is 4. The van der Waals surface area contributed by atoms with Crippen LogP contribution in [-0.4, -0.2) is 54.0 Å². The van der Waals surface area contributed by atoms with Gasteiger partial charge in [-0.15, -0.1) is 10.2 Å². The van der Waals surface area contributed by atoms with Gasteiger partial charge < -0.3 is 10.4 Å². The number of azo groups is 1. The first-order chi connectivity index (χ1) is 21.8. The highest BCUT2D eigenvalue weighted by molar-refractivity contribution is 7.86. The summed E-state index contributed by atoms with van der Waals surface area (Å²) in [6.45, 7) is 0. The number of halogens is 4. The van der Waals surface area contributed by atoms with E-state index in [-0.39, 0.29) is 16.8 Å². The number of nitrogens with one attached hydrogen (secondary N) is 1. The van der Waals surface area contributed by atoms with Crippen molar-refractivity contribution in [2.75, 3.05) is 5.32 Å². The monoisotopic (exact) mass is 765 g/mol. The first kappa shape index (κ1) is 34.5. The number of rotatable bonds is 8. The zero-order valence-corrected chi connectivity index (χ0v) is 27.3. The third-order valence-electron chi connectivity index (χ3n) is 6.42. The molecule has 1 heterocycles. The lowest BCUT2D eigenvalue weighted by Gasteiger charge is -2.17. The molecule has 246 valence electrons. The molecule has 0 aliphatic carbocycles. The van der Waals surface area contributed by atoms with Crippen LogP contribution >= 0.6 is 34.8 Å². The molecule has 5 rings (SSSR count). The molecule has 0 aliphatic rings. The van der Waals surface area contributed by atoms with Gasteiger partial charge in [-0.2, -0.15) is 34.6 Å². The van der Waals surface area contributed by atoms with Gasteiger partial charge in [0.15, 0.2) is 16.4 Å². The summed E-state index contributed by atoms with van der Waals surface area (Å²) in [7, 11) is -15.5. The highest BCUT2D eigenvalue weighted by Gasteiger charge is 2.29. The number of phenolic OH excluding ortho intramolecular Hbond substituents is 1. The number of fused-ring (bicyclic) bond motifs is 2. The quantitative estimate of drug-likeness (QED) is 0.0481. The fourth-order valence-corrected chi connectivity index (χ4v) is 7.36. The maximum Gasteiger partial charge on any atom is 0.310 e. The summed E-state index contributed by atoms with van der Waals surface area (Å²) < 4.78 is 118. The van der Waals surface area contributed by atoms with E-state index < -0.39 is 94.7 Å². The van der Waals surface area contributed by atoms with Crippen molar-refractivity contribution in [1.82, 2.24) is 9.97 Å². The summed E-state index contributed by atoms with van der Waals surface area (Å²) in [6, 6.07) is 10.6. The molecule has 47 heavy (non-hydrogen) atoms. The van der Waals surface area contributed by atoms with E-state index in [4.69, 9.17) is 34.8 Å². The van der Waals surface area contributed by atoms with Crippen molar-refractivity contribution in [1.29, 1.82) is 0 Å². The first-order valence-corrected chi connectivity index (χ1v) is 17.8. The van der Waals surface area contributed by atoms with Crippen LogP contribution in [0.2, 0.25) is 5.02 Å². The molecular weight excluding hydrogens is 752 g/mol. The van der Waals surface area contributed by atoms with Gasteiger partial charge in [0.25, 0.3) is 30.4 Å². The van der Waals surface area contributed by atoms with Crippen molar-refractivity contribution >= 4 is 110 Å². The van der Waals surface area contributed by atoms with Gasteiger partial charge >= 0.3 is 6.08 Å². The zero-order valence-electron chi connectivity index (χ0n) is 22.5. The molecule has 0 aliphatic heterocycles. The molecule has 0 unspecified atom stereocenters. The average molecular weight is 767 g/mol. The molecule has 5 aromatic rings. The molecule has 22 heteroatoms. The number of hydrogen-bond donors (Lipinski definition) is 5. The number of nitrogens with zero attached hydrogens (tertiary/aromatic N) is 4. The Bertz CT molecular complexity index is 2500. The highest BCUT2D eigenvalue weighted by Crippen LogP contribution is 2.47. The zero-order chi connectivity index (χ0) is 34.6. The molecule has 1 aromatic heterocycles. The van der Waals surface area contributed by atoms with E-state index in [2.05, 4.69) is 25.5 Å². The second-order valence-corrected chi connectivity index (χ2v) is 14.9. The van der Waals surface area contributed by atoms with Gasteiger partial charge in [-0.25, -0.2) is 4.98 Å². The van der Waals surface area contributed by atoms with Gasteiger partial charge in [-0.05, 0) is 29.7 Å². The van der Waals surface area contributed by atoms with Gasteiger partial charge in [0.1, 0.15) is 36.8 Å². The molecule has 0 saturated heterocycles. The lowest BCUT2D eigenvalue weighted by atomic mass is 10.1. The summed E-state index contributed by atoms with van der Waals surface area (Å²) in [4.78, 5) is 2.48. The molecule has 0 spiro atoms. The average Bonchev–Trinajstić information content (AvgIpc) is 2.95. The van der Waals surface area contributed by atoms with Crippen molar-refractivity contribution in [2.45, 2.75) is 19.5 Å². The van der Waals surface area contributed by atoms with Crippen LogP contribution in [0.3, 0.4) is 0 Å². The first-order valence-electron chi connectivity index (χ1n) is 12.3. The molecule has 0 radical (unpaired) electrons. The van der Waals surface area contributed by atoms with E-state index in [1.165, 1.54) is 24.3 Å². The third-order valence-corrected chi connectivity index (χ3v) is 9.92. The molecule has 15 nitrogen and oxygen atoms in total. The molecule has 0 fully saturated rings. The highest BCUT2D eigenvalue weighted by atomic mass is 35.5. The lowest BCUT2D eigenvalue weighted by Crippen LogP contribution is -2.06. The third kappa shape index (κ3) is 6.80. The van der Waals surface area contributed by atoms with Gasteiger partial charge in [0, 0.05) is 10.8 Å². The minimum Gasteiger partial charge on any atom is -0.505 e. The number of hydrogen-bond acceptors (Lipinski definition) is 12. The number of aromatic nitrogens is 2. The molecule has 0 atom stereocenters. The molecule has 0 saturated carbocycles. The van der Waals surface area contributed by atoms with E-state index >= 15 is 0 Å². The largest absolute Gasteiger partial charge is 0.505 e. The van der Waals surface area contributed by atoms with E-state index in [0.29, 0.717) is 11.5 Å². The topological polar surface area (TPSA) is 246 Å². The number of phenols is 1. The molecular formula is C25H15Cl3FN5O10S3. The fourth-order valence-electron chi connectivity index (χ4n) is 4.53. The summed E-state index contributed by atoms with van der Waals surface area (Å²) in [5, 5.41) is 19.9. The second-order valence-electron chi connectivity index (χ2n) is 9.33. The molecule has 4 aromatic carbocycles. The van der Waals surface area contributed by atoms with E-state index in [1.807, 2.05) is 0 Å². The summed E-state index contributed by atoms with van der Waals surface area (Å²) in [5.41, 5.74) is -2.35. The van der Waals surface area contributed by atoms with Crippen molar-refractivity contribution < 1.29 is 48.4 Å². The van der Waals surface area contributed by atoms with Crippen LogP contribution in [0.5, 0.6) is 5.75 Å². The summed E-state index contributed by atoms with van der Waals surface area (Å²) in [6.07, 6.45) is -1.37. The van der Waals surface area contributed by atoms with Gasteiger partial charge in [-0.3, -0.25) is 13.7 Å². The van der Waals surface area contributed by atoms with Crippen LogP contribution in [0.1, 0.15) is 10.5 Å². The predicted octanol–water partition coefficient (Wildman–Crippen LogP) is 6.66. The Labute approximate surface area is 278 Å². The van der Waals surface area contributed by atoms with Crippen molar-refractivity contribution in [2.24, 2.45) is 10.2 Å². The van der Waals surface area contributed by atoms with Gasteiger partial charge in [-0.1, -0.05) is 65.1 Å². The maximum absolute atomic E-state index is 14.2. The molecule has 0 amide bonds. The minimum atomic E-state index is -5.39. The molecule has 5 N–H and O–H groups in total. The van der Waals surface area contributed by atoms with Crippen molar-refractivity contribution in [3.05, 3.63) is 71.4 Å². The van der Waals surface area contributed by atoms with Crippen molar-refractivity contribution in [3.63, 3.8) is 0 Å². The lowest BCUT2D eigenvalue weighted by molar-refractivity contribution is 0.471. The Kier molecular flexibility index (Phi) is 9.07. The minimum absolute atomic E-state index is 0.00192. The standard InChI is InChI=1S/C25H15Cl3FN5O10S3/c26-18-20(23(27)28)31-25(29)32-24(18)30-13-7-8-15(45(36,37)38)12-9-16(46(39,40)41)19(21(35)17(12)13)34-33-14-6-5-10-3-1-2-4-11(10)22(14)47(42,43)44/h1-9,23,35H,(H,30,31,32)(H,36,37,38)(H,39,40,41)(H,42,43,44). The number of anilines is 2. The molecule has 0 bridgehead atoms. The van der Waals surface area contributed by atoms with Crippen LogP contribution in [-0.2, 0) is 30.4 Å². The maximum atomic E-state index is 14.2. The van der Waals surface area contributed by atoms with Crippen LogP contribution in [0.25, 0.3) is 21.5 Å². The van der Waals surface area contributed by atoms with Crippen LogP contribution < -0.4 is 5.32 Å². The summed E-state index contributed by atoms with van der Waals surface area (Å²) >= 11 is 17.8. The summed E-state index contributed by atoms with van der Waals surface area (Å²) in [5.74, 6) is -1.73. The van der Waals surface area contributed by atoms with Crippen molar-refractivity contribution in [3.8, 4) is 5.75 Å². The normalized spacial score (nSPS) is 12.9.